The van der Waals surface area contributed by atoms with E-state index in [9.17, 15) is 0 Å². The molecule has 0 amide bonds. The van der Waals surface area contributed by atoms with Crippen molar-refractivity contribution >= 4 is 9.53 Å². The van der Waals surface area contributed by atoms with Crippen LogP contribution in [0.3, 0.4) is 0 Å². The van der Waals surface area contributed by atoms with Gasteiger partial charge >= 0.3 is 9.53 Å². The van der Waals surface area contributed by atoms with Gasteiger partial charge in [-0.25, -0.2) is 0 Å². The van der Waals surface area contributed by atoms with Crippen LogP contribution in [0.4, 0.5) is 0 Å². The molecule has 0 aromatic carbocycles. The van der Waals surface area contributed by atoms with Crippen molar-refractivity contribution in [2.45, 2.75) is 39.9 Å². The molecule has 0 saturated carbocycles. The summed E-state index contributed by atoms with van der Waals surface area (Å²) in [6, 6.07) is 0. The van der Waals surface area contributed by atoms with Gasteiger partial charge in [-0.3, -0.25) is 0 Å². The van der Waals surface area contributed by atoms with Crippen molar-refractivity contribution in [1.82, 2.24) is 0 Å². The summed E-state index contributed by atoms with van der Waals surface area (Å²) in [4.78, 5) is 0. The minimum absolute atomic E-state index is 0.375. The van der Waals surface area contributed by atoms with E-state index in [-0.39, 0.29) is 0 Å². The van der Waals surface area contributed by atoms with Crippen LogP contribution in [0.15, 0.2) is 0 Å². The molecule has 0 spiro atoms. The molecule has 0 N–H and O–H groups in total. The van der Waals surface area contributed by atoms with Gasteiger partial charge in [0.05, 0.1) is 12.2 Å². The lowest BCUT2D eigenvalue weighted by Crippen LogP contribution is -2.21. The maximum absolute atomic E-state index is 5.25. The van der Waals surface area contributed by atoms with Crippen molar-refractivity contribution in [1.29, 1.82) is 0 Å². The van der Waals surface area contributed by atoms with E-state index in [1.807, 2.05) is 27.7 Å². The third-order valence-corrected chi connectivity index (χ3v) is 2.28. The first-order valence-corrected chi connectivity index (χ1v) is 6.13. The van der Waals surface area contributed by atoms with Crippen LogP contribution in [-0.2, 0) is 18.0 Å². The van der Waals surface area contributed by atoms with Crippen molar-refractivity contribution < 1.29 is 18.0 Å². The molecule has 0 unspecified atom stereocenters. The molecule has 5 heteroatoms. The van der Waals surface area contributed by atoms with Gasteiger partial charge in [-0.1, -0.05) is 0 Å². The molecule has 0 bridgehead atoms. The fourth-order valence-electron chi connectivity index (χ4n) is 0.833. The minimum atomic E-state index is -1.67. The second-order valence-corrected chi connectivity index (χ2v) is 5.22. The Morgan fingerprint density at radius 2 is 1.00 bits per heavy atom. The molecule has 0 atom stereocenters. The van der Waals surface area contributed by atoms with Gasteiger partial charge in [0.1, 0.15) is 0 Å². The van der Waals surface area contributed by atoms with Gasteiger partial charge in [-0.05, 0) is 27.7 Å². The topological polar surface area (TPSA) is 36.9 Å². The Kier molecular flexibility index (Phi) is 13.1. The van der Waals surface area contributed by atoms with Crippen molar-refractivity contribution in [3.05, 3.63) is 0 Å². The summed E-state index contributed by atoms with van der Waals surface area (Å²) in [5.41, 5.74) is 0. The van der Waals surface area contributed by atoms with Gasteiger partial charge in [-0.2, -0.15) is 0 Å². The van der Waals surface area contributed by atoms with Gasteiger partial charge in [0.25, 0.3) is 0 Å². The number of ether oxygens (including phenoxy) is 1. The molecule has 0 aromatic heterocycles. The standard InChI is InChI=1S/C6H14O.C3H10O3Si/c1-5(2)7-6(3)4;1-4-7(5-2)6-3/h5-6H,1-4H3;7H,1-3H3. The zero-order valence-electron chi connectivity index (χ0n) is 10.4. The van der Waals surface area contributed by atoms with Crippen LogP contribution in [0.5, 0.6) is 0 Å². The highest BCUT2D eigenvalue weighted by atomic mass is 28.3. The second kappa shape index (κ2) is 11.1. The van der Waals surface area contributed by atoms with Crippen molar-refractivity contribution in [3.63, 3.8) is 0 Å². The second-order valence-electron chi connectivity index (χ2n) is 3.23. The Bertz CT molecular complexity index is 93.5. The summed E-state index contributed by atoms with van der Waals surface area (Å²) in [6.45, 7) is 8.17. The summed E-state index contributed by atoms with van der Waals surface area (Å²) in [6.07, 6.45) is 0.750. The highest BCUT2D eigenvalue weighted by Crippen LogP contribution is 1.93. The van der Waals surface area contributed by atoms with Crippen molar-refractivity contribution in [3.8, 4) is 0 Å². The molecule has 14 heavy (non-hydrogen) atoms. The highest BCUT2D eigenvalue weighted by molar-refractivity contribution is 6.36. The molecule has 0 heterocycles. The Hall–Kier alpha value is 0.0569. The van der Waals surface area contributed by atoms with Gasteiger partial charge in [0.2, 0.25) is 0 Å². The lowest BCUT2D eigenvalue weighted by atomic mass is 10.4. The molecule has 0 fully saturated rings. The fourth-order valence-corrected chi connectivity index (χ4v) is 1.41. The van der Waals surface area contributed by atoms with E-state index < -0.39 is 9.53 Å². The molecular formula is C9H24O4Si. The largest absolute Gasteiger partial charge is 0.483 e. The van der Waals surface area contributed by atoms with E-state index >= 15 is 0 Å². The summed E-state index contributed by atoms with van der Waals surface area (Å²) < 4.78 is 19.5. The van der Waals surface area contributed by atoms with Gasteiger partial charge in [0, 0.05) is 21.3 Å². The lowest BCUT2D eigenvalue weighted by molar-refractivity contribution is 0.0300. The van der Waals surface area contributed by atoms with E-state index in [1.54, 1.807) is 21.3 Å². The van der Waals surface area contributed by atoms with E-state index in [2.05, 4.69) is 0 Å². The Morgan fingerprint density at radius 1 is 0.714 bits per heavy atom. The molecule has 0 aliphatic carbocycles. The average molecular weight is 224 g/mol. The predicted octanol–water partition coefficient (Wildman–Crippen LogP) is 1.46. The predicted molar refractivity (Wildman–Crippen MR) is 59.5 cm³/mol. The van der Waals surface area contributed by atoms with Gasteiger partial charge in [0.15, 0.2) is 0 Å². The van der Waals surface area contributed by atoms with Crippen LogP contribution < -0.4 is 0 Å². The summed E-state index contributed by atoms with van der Waals surface area (Å²) in [7, 11) is 3.05. The molecule has 0 aliphatic heterocycles. The summed E-state index contributed by atoms with van der Waals surface area (Å²) >= 11 is 0. The minimum Gasteiger partial charge on any atom is -0.379 e. The van der Waals surface area contributed by atoms with E-state index in [1.165, 1.54) is 0 Å². The smallest absolute Gasteiger partial charge is 0.379 e. The fraction of sp³-hybridized carbons (Fsp3) is 1.00. The zero-order valence-corrected chi connectivity index (χ0v) is 11.5. The van der Waals surface area contributed by atoms with Gasteiger partial charge in [-0.15, -0.1) is 0 Å². The first-order valence-electron chi connectivity index (χ1n) is 4.71. The normalized spacial score (nSPS) is 10.7. The van der Waals surface area contributed by atoms with Crippen molar-refractivity contribution in [2.75, 3.05) is 21.3 Å². The van der Waals surface area contributed by atoms with Crippen LogP contribution in [0.25, 0.3) is 0 Å². The van der Waals surface area contributed by atoms with Crippen molar-refractivity contribution in [2.24, 2.45) is 0 Å². The van der Waals surface area contributed by atoms with E-state index in [4.69, 9.17) is 18.0 Å². The Labute approximate surface area is 89.5 Å². The lowest BCUT2D eigenvalue weighted by Gasteiger charge is -2.09. The molecule has 88 valence electrons. The molecule has 0 saturated heterocycles. The van der Waals surface area contributed by atoms with Crippen LogP contribution in [-0.4, -0.2) is 43.1 Å². The molecule has 0 aliphatic rings. The average Bonchev–Trinajstić information content (AvgIpc) is 2.06. The third kappa shape index (κ3) is 14.6. The molecular weight excluding hydrogens is 200 g/mol. The van der Waals surface area contributed by atoms with Crippen LogP contribution >= 0.6 is 0 Å². The maximum atomic E-state index is 5.25. The molecule has 0 rings (SSSR count). The Morgan fingerprint density at radius 3 is 1.00 bits per heavy atom. The zero-order chi connectivity index (χ0) is 11.6. The van der Waals surface area contributed by atoms with Crippen LogP contribution in [0, 0.1) is 0 Å². The Balaban J connectivity index is 0. The van der Waals surface area contributed by atoms with Crippen LogP contribution in [0.1, 0.15) is 27.7 Å². The summed E-state index contributed by atoms with van der Waals surface area (Å²) in [5.74, 6) is 0. The molecule has 0 aromatic rings. The summed E-state index contributed by atoms with van der Waals surface area (Å²) in [5, 5.41) is 0. The van der Waals surface area contributed by atoms with Gasteiger partial charge < -0.3 is 18.0 Å². The first-order chi connectivity index (χ1) is 6.47. The van der Waals surface area contributed by atoms with E-state index in [0.29, 0.717) is 12.2 Å². The van der Waals surface area contributed by atoms with E-state index in [0.717, 1.165) is 0 Å². The SMILES string of the molecule is CC(C)OC(C)C.CO[SiH](OC)OC. The number of hydrogen-bond donors (Lipinski definition) is 0. The monoisotopic (exact) mass is 224 g/mol. The third-order valence-electron chi connectivity index (χ3n) is 1.12. The number of hydrogen-bond acceptors (Lipinski definition) is 4. The van der Waals surface area contributed by atoms with Crippen LogP contribution in [0.2, 0.25) is 0 Å². The molecule has 4 nitrogen and oxygen atoms in total. The number of rotatable bonds is 5. The quantitative estimate of drug-likeness (QED) is 0.663. The molecule has 0 radical (unpaired) electrons. The first kappa shape index (κ1) is 16.5. The highest BCUT2D eigenvalue weighted by Gasteiger charge is 2.04. The maximum Gasteiger partial charge on any atom is 0.483 e.